The summed E-state index contributed by atoms with van der Waals surface area (Å²) in [6, 6.07) is 40.3. The molecule has 7 aromatic rings. The van der Waals surface area contributed by atoms with Crippen LogP contribution in [0.2, 0.25) is 0 Å². The Labute approximate surface area is 373 Å². The number of benzene rings is 6. The number of aliphatic imine (C=N–C) groups is 1. The fourth-order valence-corrected chi connectivity index (χ4v) is 10.8. The van der Waals surface area contributed by atoms with E-state index < -0.39 is 11.2 Å². The summed E-state index contributed by atoms with van der Waals surface area (Å²) < 4.78 is 11.6. The van der Waals surface area contributed by atoms with Crippen molar-refractivity contribution >= 4 is 56.2 Å². The number of carbonyl (C=O) groups is 2. The van der Waals surface area contributed by atoms with Crippen LogP contribution in [0.1, 0.15) is 84.7 Å². The summed E-state index contributed by atoms with van der Waals surface area (Å²) in [5.41, 5.74) is 11.1. The number of fused-ring (bicyclic) bond motifs is 6. The minimum absolute atomic E-state index is 0.0114. The third kappa shape index (κ3) is 7.00. The molecule has 1 N–H and O–H groups in total. The number of hydrogen-bond donors (Lipinski definition) is 1. The molecule has 12 rings (SSSR count). The number of imidazole rings is 1. The quantitative estimate of drug-likeness (QED) is 0.186. The predicted molar refractivity (Wildman–Crippen MR) is 254 cm³/mol. The van der Waals surface area contributed by atoms with Crippen molar-refractivity contribution < 1.29 is 19.1 Å². The molecule has 2 saturated heterocycles. The molecule has 4 fully saturated rings. The highest BCUT2D eigenvalue weighted by atomic mass is 16.6. The Balaban J connectivity index is 0.743. The lowest BCUT2D eigenvalue weighted by atomic mass is 9.94. The normalized spacial score (nSPS) is 23.3. The van der Waals surface area contributed by atoms with E-state index in [4.69, 9.17) is 19.5 Å². The standard InChI is InChI=1S/C55H53N5O4/c1-54(2,3)63-52(61)59-47-26-41(47)28-49(59)46-25-40-23-38(15-17-43(40)56-46)36-12-11-32-19-30(7-8-33(32)21-36)31-9-10-35-22-37(14-13-34(35)20-31)39-16-18-44-45(24-39)58-51(57-44)50-29-42-27-48(42)60(50)53(62)64-55(4,5)6/h7-24,41-42,47-50H,25-29H2,1-6H3,(H,57,58)/t41-,42-,47-,48-,49+,50+/m1/s1. The van der Waals surface area contributed by atoms with Crippen molar-refractivity contribution in [3.05, 3.63) is 121 Å². The molecule has 0 spiro atoms. The highest BCUT2D eigenvalue weighted by Crippen LogP contribution is 2.54. The molecule has 2 aliphatic carbocycles. The molecule has 6 atom stereocenters. The van der Waals surface area contributed by atoms with Crippen molar-refractivity contribution in [2.24, 2.45) is 16.8 Å². The minimum Gasteiger partial charge on any atom is -0.444 e. The van der Waals surface area contributed by atoms with Crippen LogP contribution < -0.4 is 0 Å². The molecular weight excluding hydrogens is 795 g/mol. The number of nitrogens with one attached hydrogen (secondary N) is 1. The van der Waals surface area contributed by atoms with E-state index in [-0.39, 0.29) is 36.4 Å². The molecule has 0 radical (unpaired) electrons. The van der Waals surface area contributed by atoms with Gasteiger partial charge in [-0.1, -0.05) is 60.7 Å². The van der Waals surface area contributed by atoms with Gasteiger partial charge >= 0.3 is 12.2 Å². The molecule has 1 aromatic heterocycles. The van der Waals surface area contributed by atoms with Crippen LogP contribution >= 0.6 is 0 Å². The van der Waals surface area contributed by atoms with Gasteiger partial charge in [-0.25, -0.2) is 14.6 Å². The van der Waals surface area contributed by atoms with Crippen LogP contribution in [-0.4, -0.2) is 67.0 Å². The first-order chi connectivity index (χ1) is 30.7. The van der Waals surface area contributed by atoms with Gasteiger partial charge in [0.05, 0.1) is 28.8 Å². The fourth-order valence-electron chi connectivity index (χ4n) is 10.8. The molecule has 0 bridgehead atoms. The smallest absolute Gasteiger partial charge is 0.411 e. The lowest BCUT2D eigenvalue weighted by Gasteiger charge is -2.30. The molecule has 5 aliphatic rings. The largest absolute Gasteiger partial charge is 0.444 e. The van der Waals surface area contributed by atoms with Crippen LogP contribution in [0.3, 0.4) is 0 Å². The lowest BCUT2D eigenvalue weighted by Crippen LogP contribution is -2.45. The molecule has 9 nitrogen and oxygen atoms in total. The Kier molecular flexibility index (Phi) is 8.57. The number of hydrogen-bond acceptors (Lipinski definition) is 6. The zero-order valence-corrected chi connectivity index (χ0v) is 37.3. The second-order valence-electron chi connectivity index (χ2n) is 20.9. The minimum atomic E-state index is -0.540. The molecule has 322 valence electrons. The monoisotopic (exact) mass is 847 g/mol. The first-order valence-electron chi connectivity index (χ1n) is 23.0. The Morgan fingerprint density at radius 1 is 0.562 bits per heavy atom. The van der Waals surface area contributed by atoms with E-state index >= 15 is 0 Å². The summed E-state index contributed by atoms with van der Waals surface area (Å²) >= 11 is 0. The second kappa shape index (κ2) is 14.0. The van der Waals surface area contributed by atoms with Crippen LogP contribution in [0.25, 0.3) is 66.0 Å². The number of ether oxygens (including phenoxy) is 2. The number of nitrogens with zero attached hydrogens (tertiary/aromatic N) is 4. The van der Waals surface area contributed by atoms with E-state index in [0.29, 0.717) is 11.8 Å². The number of piperidine rings is 2. The molecule has 64 heavy (non-hydrogen) atoms. The second-order valence-corrected chi connectivity index (χ2v) is 20.9. The van der Waals surface area contributed by atoms with Gasteiger partial charge in [0, 0.05) is 24.2 Å². The van der Waals surface area contributed by atoms with Gasteiger partial charge < -0.3 is 14.5 Å². The topological polar surface area (TPSA) is 100 Å². The first-order valence-corrected chi connectivity index (χ1v) is 23.0. The van der Waals surface area contributed by atoms with E-state index in [1.807, 2.05) is 51.3 Å². The van der Waals surface area contributed by atoms with E-state index in [2.05, 4.69) is 114 Å². The molecule has 0 unspecified atom stereocenters. The van der Waals surface area contributed by atoms with E-state index in [9.17, 15) is 9.59 Å². The summed E-state index contributed by atoms with van der Waals surface area (Å²) in [5.74, 6) is 1.92. The number of likely N-dealkylation sites (tertiary alicyclic amines) is 2. The van der Waals surface area contributed by atoms with E-state index in [0.717, 1.165) is 71.5 Å². The lowest BCUT2D eigenvalue weighted by molar-refractivity contribution is 0.0173. The van der Waals surface area contributed by atoms with Crippen molar-refractivity contribution in [1.82, 2.24) is 19.8 Å². The van der Waals surface area contributed by atoms with Gasteiger partial charge in [0.15, 0.2) is 0 Å². The Hall–Kier alpha value is -6.48. The summed E-state index contributed by atoms with van der Waals surface area (Å²) in [4.78, 5) is 44.0. The molecular formula is C55H53N5O4. The van der Waals surface area contributed by atoms with Gasteiger partial charge in [0.1, 0.15) is 17.0 Å². The molecule has 6 aromatic carbocycles. The van der Waals surface area contributed by atoms with Gasteiger partial charge in [-0.15, -0.1) is 0 Å². The van der Waals surface area contributed by atoms with Crippen molar-refractivity contribution in [3.63, 3.8) is 0 Å². The highest BCUT2D eigenvalue weighted by molar-refractivity contribution is 6.01. The maximum Gasteiger partial charge on any atom is 0.411 e. The predicted octanol–water partition coefficient (Wildman–Crippen LogP) is 13.0. The number of aromatic nitrogens is 2. The summed E-state index contributed by atoms with van der Waals surface area (Å²) in [5, 5.41) is 4.77. The average Bonchev–Trinajstić information content (AvgIpc) is 3.91. The third-order valence-corrected chi connectivity index (χ3v) is 14.0. The maximum absolute atomic E-state index is 13.2. The summed E-state index contributed by atoms with van der Waals surface area (Å²) in [7, 11) is 0. The Bertz CT molecular complexity index is 3130. The van der Waals surface area contributed by atoms with Crippen molar-refractivity contribution in [3.8, 4) is 33.4 Å². The zero-order chi connectivity index (χ0) is 43.8. The SMILES string of the molecule is CC(C)(C)OC(=O)N1[C@@H]2C[C@@H]2C[C@H]1C1=Nc2ccc(-c3ccc4cc(-c5ccc6cc(-c7ccc8nc([C@@H]9C[C@H]%10C[C@H]%10N9C(=O)OC(C)(C)C)[nH]c8c7)ccc6c5)ccc4c3)cc2C1. The van der Waals surface area contributed by atoms with Gasteiger partial charge in [0.2, 0.25) is 0 Å². The number of H-pyrrole nitrogens is 1. The van der Waals surface area contributed by atoms with Crippen LogP contribution in [-0.2, 0) is 15.9 Å². The maximum atomic E-state index is 13.2. The fraction of sp³-hybridized carbons (Fsp3) is 0.345. The Morgan fingerprint density at radius 3 is 1.55 bits per heavy atom. The molecule has 3 aliphatic heterocycles. The summed E-state index contributed by atoms with van der Waals surface area (Å²) in [6.45, 7) is 11.5. The first kappa shape index (κ1) is 39.1. The van der Waals surface area contributed by atoms with Gasteiger partial charge in [-0.05, 0) is 188 Å². The molecule has 4 heterocycles. The highest BCUT2D eigenvalue weighted by Gasteiger charge is 2.57. The molecule has 2 saturated carbocycles. The van der Waals surface area contributed by atoms with E-state index in [1.54, 1.807) is 0 Å². The molecule has 2 amide bonds. The van der Waals surface area contributed by atoms with Gasteiger partial charge in [0.25, 0.3) is 0 Å². The van der Waals surface area contributed by atoms with Crippen molar-refractivity contribution in [1.29, 1.82) is 0 Å². The molecule has 9 heteroatoms. The Morgan fingerprint density at radius 2 is 1.02 bits per heavy atom. The van der Waals surface area contributed by atoms with Crippen LogP contribution in [0.5, 0.6) is 0 Å². The third-order valence-electron chi connectivity index (χ3n) is 14.0. The van der Waals surface area contributed by atoms with Crippen molar-refractivity contribution in [2.75, 3.05) is 0 Å². The summed E-state index contributed by atoms with van der Waals surface area (Å²) in [6.07, 6.45) is 4.31. The number of rotatable bonds is 5. The van der Waals surface area contributed by atoms with Gasteiger partial charge in [-0.3, -0.25) is 14.8 Å². The van der Waals surface area contributed by atoms with E-state index in [1.165, 1.54) is 49.4 Å². The van der Waals surface area contributed by atoms with Crippen LogP contribution in [0, 0.1) is 11.8 Å². The number of aromatic amines is 1. The van der Waals surface area contributed by atoms with Gasteiger partial charge in [-0.2, -0.15) is 0 Å². The van der Waals surface area contributed by atoms with Crippen molar-refractivity contribution in [2.45, 2.75) is 109 Å². The number of carbonyl (C=O) groups excluding carboxylic acids is 2. The van der Waals surface area contributed by atoms with Crippen LogP contribution in [0.4, 0.5) is 15.3 Å². The number of amides is 2. The zero-order valence-electron chi connectivity index (χ0n) is 37.3. The van der Waals surface area contributed by atoms with Crippen LogP contribution in [0.15, 0.2) is 114 Å². The average molecular weight is 848 g/mol.